The summed E-state index contributed by atoms with van der Waals surface area (Å²) < 4.78 is 16.9. The summed E-state index contributed by atoms with van der Waals surface area (Å²) in [7, 11) is 4.18. The van der Waals surface area contributed by atoms with E-state index >= 15 is 0 Å². The monoisotopic (exact) mass is 478 g/mol. The molecule has 1 unspecified atom stereocenters. The van der Waals surface area contributed by atoms with Gasteiger partial charge in [-0.2, -0.15) is 0 Å². The molecule has 1 aliphatic heterocycles. The fourth-order valence-electron chi connectivity index (χ4n) is 3.78. The third kappa shape index (κ3) is 4.17. The Morgan fingerprint density at radius 3 is 2.21 bits per heavy atom. The van der Waals surface area contributed by atoms with Crippen molar-refractivity contribution in [2.24, 2.45) is 4.99 Å². The number of thiazole rings is 1. The van der Waals surface area contributed by atoms with E-state index in [9.17, 15) is 14.4 Å². The zero-order valence-electron chi connectivity index (χ0n) is 19.0. The number of hydrogen-bond donors (Lipinski definition) is 0. The molecule has 4 rings (SSSR count). The van der Waals surface area contributed by atoms with Crippen LogP contribution in [0.3, 0.4) is 0 Å². The van der Waals surface area contributed by atoms with Crippen LogP contribution < -0.4 is 19.6 Å². The van der Waals surface area contributed by atoms with Gasteiger partial charge in [-0.1, -0.05) is 35.6 Å². The van der Waals surface area contributed by atoms with Crippen molar-refractivity contribution in [1.82, 2.24) is 4.57 Å². The van der Waals surface area contributed by atoms with E-state index in [0.29, 0.717) is 31.9 Å². The molecule has 0 aliphatic carbocycles. The Labute approximate surface area is 199 Å². The molecule has 1 aromatic heterocycles. The molecule has 2 heterocycles. The summed E-state index contributed by atoms with van der Waals surface area (Å²) in [6.45, 7) is 1.71. The summed E-state index contributed by atoms with van der Waals surface area (Å²) in [4.78, 5) is 43.1. The largest absolute Gasteiger partial charge is 0.497 e. The highest BCUT2D eigenvalue weighted by atomic mass is 32.1. The number of nitrogens with zero attached hydrogens (tertiary/aromatic N) is 2. The van der Waals surface area contributed by atoms with Crippen LogP contribution >= 0.6 is 11.3 Å². The van der Waals surface area contributed by atoms with E-state index in [4.69, 9.17) is 14.2 Å². The number of hydrogen-bond acceptors (Lipinski definition) is 8. The van der Waals surface area contributed by atoms with Crippen LogP contribution in [0, 0.1) is 0 Å². The first-order valence-electron chi connectivity index (χ1n) is 10.3. The third-order valence-electron chi connectivity index (χ3n) is 5.49. The molecule has 3 aromatic rings. The molecule has 8 nitrogen and oxygen atoms in total. The number of ether oxygens (including phenoxy) is 3. The first kappa shape index (κ1) is 23.2. The fourth-order valence-corrected chi connectivity index (χ4v) is 4.83. The molecular weight excluding hydrogens is 456 g/mol. The van der Waals surface area contributed by atoms with Gasteiger partial charge in [0.2, 0.25) is 0 Å². The maximum absolute atomic E-state index is 13.5. The topological polar surface area (TPSA) is 96.2 Å². The molecule has 0 radical (unpaired) electrons. The van der Waals surface area contributed by atoms with E-state index < -0.39 is 18.0 Å². The van der Waals surface area contributed by atoms with Gasteiger partial charge < -0.3 is 14.2 Å². The molecule has 174 valence electrons. The minimum atomic E-state index is -0.756. The molecule has 0 fully saturated rings. The van der Waals surface area contributed by atoms with Crippen molar-refractivity contribution in [2.75, 3.05) is 21.3 Å². The second-order valence-corrected chi connectivity index (χ2v) is 8.47. The Balaban J connectivity index is 1.90. The van der Waals surface area contributed by atoms with Crippen molar-refractivity contribution >= 4 is 29.4 Å². The maximum Gasteiger partial charge on any atom is 0.338 e. The lowest BCUT2D eigenvalue weighted by molar-refractivity contribution is -0.136. The molecule has 2 aromatic carbocycles. The van der Waals surface area contributed by atoms with Crippen LogP contribution in [-0.2, 0) is 14.3 Å². The minimum Gasteiger partial charge on any atom is -0.497 e. The second-order valence-electron chi connectivity index (χ2n) is 7.46. The lowest BCUT2D eigenvalue weighted by atomic mass is 9.95. The summed E-state index contributed by atoms with van der Waals surface area (Å²) in [5, 5.41) is 0. The van der Waals surface area contributed by atoms with Gasteiger partial charge in [0.25, 0.3) is 5.56 Å². The van der Waals surface area contributed by atoms with Crippen LogP contribution in [0.2, 0.25) is 0 Å². The van der Waals surface area contributed by atoms with Crippen LogP contribution in [0.25, 0.3) is 6.08 Å². The summed E-state index contributed by atoms with van der Waals surface area (Å²) in [6.07, 6.45) is 1.78. The fraction of sp³-hybridized carbons (Fsp3) is 0.200. The van der Waals surface area contributed by atoms with E-state index in [1.165, 1.54) is 30.1 Å². The molecule has 0 saturated carbocycles. The first-order chi connectivity index (χ1) is 16.4. The van der Waals surface area contributed by atoms with Crippen molar-refractivity contribution in [1.29, 1.82) is 0 Å². The molecule has 0 spiro atoms. The summed E-state index contributed by atoms with van der Waals surface area (Å²) >= 11 is 1.24. The molecule has 1 atom stereocenters. The molecule has 34 heavy (non-hydrogen) atoms. The predicted octanol–water partition coefficient (Wildman–Crippen LogP) is 2.20. The van der Waals surface area contributed by atoms with Crippen molar-refractivity contribution in [2.45, 2.75) is 13.0 Å². The lowest BCUT2D eigenvalue weighted by Gasteiger charge is -2.24. The van der Waals surface area contributed by atoms with Gasteiger partial charge in [0.15, 0.2) is 4.80 Å². The zero-order chi connectivity index (χ0) is 24.4. The van der Waals surface area contributed by atoms with Crippen molar-refractivity contribution < 1.29 is 23.8 Å². The standard InChI is InChI=1S/C25H22N2O6S/c1-14-20(24(30)33-4)21(16-7-9-17(10-8-16)23(29)32-3)27-22(28)19(34-25(27)26-14)13-15-5-11-18(31-2)12-6-15/h5-13,21H,1-4H3. The predicted molar refractivity (Wildman–Crippen MR) is 127 cm³/mol. The Bertz CT molecular complexity index is 1460. The number of rotatable bonds is 5. The van der Waals surface area contributed by atoms with Crippen LogP contribution in [-0.4, -0.2) is 37.8 Å². The number of carbonyl (C=O) groups excluding carboxylic acids is 2. The summed E-state index contributed by atoms with van der Waals surface area (Å²) in [6, 6.07) is 13.2. The van der Waals surface area contributed by atoms with Gasteiger partial charge in [0, 0.05) is 0 Å². The number of carbonyl (C=O) groups is 2. The number of fused-ring (bicyclic) bond motifs is 1. The quantitative estimate of drug-likeness (QED) is 0.522. The Kier molecular flexibility index (Phi) is 6.47. The van der Waals surface area contributed by atoms with Gasteiger partial charge in [-0.25, -0.2) is 14.6 Å². The lowest BCUT2D eigenvalue weighted by Crippen LogP contribution is -2.39. The van der Waals surface area contributed by atoms with E-state index in [0.717, 1.165) is 5.56 Å². The highest BCUT2D eigenvalue weighted by Crippen LogP contribution is 2.30. The normalized spacial score (nSPS) is 15.4. The van der Waals surface area contributed by atoms with E-state index in [1.54, 1.807) is 44.4 Å². The van der Waals surface area contributed by atoms with Gasteiger partial charge in [0.1, 0.15) is 5.75 Å². The molecule has 0 bridgehead atoms. The number of allylic oxidation sites excluding steroid dienone is 1. The average molecular weight is 479 g/mol. The molecule has 1 aliphatic rings. The van der Waals surface area contributed by atoms with E-state index in [2.05, 4.69) is 4.99 Å². The highest BCUT2D eigenvalue weighted by molar-refractivity contribution is 7.07. The Hall–Kier alpha value is -3.98. The molecule has 9 heteroatoms. The van der Waals surface area contributed by atoms with Gasteiger partial charge in [-0.05, 0) is 48.4 Å². The molecular formula is C25H22N2O6S. The summed E-state index contributed by atoms with van der Waals surface area (Å²) in [5.41, 5.74) is 2.27. The van der Waals surface area contributed by atoms with Crippen LogP contribution in [0.15, 0.2) is 69.6 Å². The second kappa shape index (κ2) is 9.48. The van der Waals surface area contributed by atoms with Gasteiger partial charge in [-0.15, -0.1) is 0 Å². The van der Waals surface area contributed by atoms with Gasteiger partial charge >= 0.3 is 11.9 Å². The van der Waals surface area contributed by atoms with E-state index in [1.807, 2.05) is 24.3 Å². The number of aromatic nitrogens is 1. The van der Waals surface area contributed by atoms with Crippen LogP contribution in [0.5, 0.6) is 5.75 Å². The van der Waals surface area contributed by atoms with Crippen LogP contribution in [0.4, 0.5) is 0 Å². The SMILES string of the molecule is COC(=O)C1=C(C)N=c2sc(=Cc3ccc(OC)cc3)c(=O)n2C1c1ccc(C(=O)OC)cc1. The first-order valence-corrected chi connectivity index (χ1v) is 11.1. The number of esters is 2. The van der Waals surface area contributed by atoms with Gasteiger partial charge in [0.05, 0.1) is 48.7 Å². The highest BCUT2D eigenvalue weighted by Gasteiger charge is 2.33. The molecule has 0 saturated heterocycles. The number of benzene rings is 2. The zero-order valence-corrected chi connectivity index (χ0v) is 19.8. The van der Waals surface area contributed by atoms with Gasteiger partial charge in [-0.3, -0.25) is 9.36 Å². The Morgan fingerprint density at radius 1 is 0.971 bits per heavy atom. The minimum absolute atomic E-state index is 0.261. The average Bonchev–Trinajstić information content (AvgIpc) is 3.17. The Morgan fingerprint density at radius 2 is 1.62 bits per heavy atom. The maximum atomic E-state index is 13.5. The third-order valence-corrected chi connectivity index (χ3v) is 6.47. The molecule has 0 amide bonds. The van der Waals surface area contributed by atoms with E-state index in [-0.39, 0.29) is 11.1 Å². The molecule has 0 N–H and O–H groups in total. The van der Waals surface area contributed by atoms with Crippen molar-refractivity contribution in [3.8, 4) is 5.75 Å². The van der Waals surface area contributed by atoms with Crippen molar-refractivity contribution in [3.63, 3.8) is 0 Å². The number of methoxy groups -OCH3 is 3. The van der Waals surface area contributed by atoms with Crippen molar-refractivity contribution in [3.05, 3.63) is 96.2 Å². The smallest absolute Gasteiger partial charge is 0.338 e. The summed E-state index contributed by atoms with van der Waals surface area (Å²) in [5.74, 6) is -0.338. The van der Waals surface area contributed by atoms with Crippen LogP contribution in [0.1, 0.15) is 34.5 Å².